The Morgan fingerprint density at radius 3 is 2.80 bits per heavy atom. The standard InChI is InChI=1S/C19H22N6O3S2/c1-11-10-15(23-28-11)20-17(26)13-5-7-24(8-6-13)18(27)12(2)25-16(21-22-19(25)29)14-4-3-9-30-14/h3-4,9-10,12-13H,5-8H2,1-2H3,(H,22,29)(H,20,23,26). The Morgan fingerprint density at radius 1 is 1.40 bits per heavy atom. The van der Waals surface area contributed by atoms with Crippen LogP contribution in [0.2, 0.25) is 0 Å². The molecule has 1 aliphatic rings. The number of nitrogens with one attached hydrogen (secondary N) is 2. The molecule has 11 heteroatoms. The van der Waals surface area contributed by atoms with E-state index in [2.05, 4.69) is 20.7 Å². The number of anilines is 1. The third-order valence-corrected chi connectivity index (χ3v) is 6.40. The molecule has 9 nitrogen and oxygen atoms in total. The maximum absolute atomic E-state index is 13.1. The molecule has 0 spiro atoms. The van der Waals surface area contributed by atoms with E-state index in [-0.39, 0.29) is 17.7 Å². The van der Waals surface area contributed by atoms with Crippen molar-refractivity contribution in [3.8, 4) is 10.7 Å². The van der Waals surface area contributed by atoms with E-state index in [0.717, 1.165) is 4.88 Å². The molecule has 1 fully saturated rings. The predicted octanol–water partition coefficient (Wildman–Crippen LogP) is 3.40. The molecule has 4 rings (SSSR count). The second-order valence-electron chi connectivity index (χ2n) is 7.29. The lowest BCUT2D eigenvalue weighted by atomic mass is 9.95. The van der Waals surface area contributed by atoms with Crippen molar-refractivity contribution in [3.63, 3.8) is 0 Å². The lowest BCUT2D eigenvalue weighted by molar-refractivity contribution is -0.137. The van der Waals surface area contributed by atoms with Gasteiger partial charge in [-0.2, -0.15) is 5.10 Å². The first-order chi connectivity index (χ1) is 14.4. The highest BCUT2D eigenvalue weighted by Gasteiger charge is 2.31. The van der Waals surface area contributed by atoms with Gasteiger partial charge in [0.15, 0.2) is 16.4 Å². The average Bonchev–Trinajstić information content (AvgIpc) is 3.48. The molecule has 0 radical (unpaired) electrons. The number of H-pyrrole nitrogens is 1. The summed E-state index contributed by atoms with van der Waals surface area (Å²) in [5.41, 5.74) is 0. The number of carbonyl (C=O) groups is 2. The van der Waals surface area contributed by atoms with Crippen LogP contribution in [0.1, 0.15) is 31.6 Å². The van der Waals surface area contributed by atoms with E-state index >= 15 is 0 Å². The Labute approximate surface area is 182 Å². The van der Waals surface area contributed by atoms with E-state index in [1.807, 2.05) is 24.4 Å². The number of nitrogens with zero attached hydrogens (tertiary/aromatic N) is 4. The van der Waals surface area contributed by atoms with Gasteiger partial charge < -0.3 is 14.7 Å². The SMILES string of the molecule is Cc1cc(NC(=O)C2CCN(C(=O)C(C)n3c(-c4cccs4)n[nH]c3=S)CC2)no1. The van der Waals surface area contributed by atoms with Gasteiger partial charge in [0.1, 0.15) is 11.8 Å². The van der Waals surface area contributed by atoms with Crippen LogP contribution in [-0.2, 0) is 9.59 Å². The zero-order chi connectivity index (χ0) is 21.3. The first kappa shape index (κ1) is 20.5. The molecule has 2 N–H and O–H groups in total. The number of aromatic nitrogens is 4. The summed E-state index contributed by atoms with van der Waals surface area (Å²) in [5, 5.41) is 15.6. The molecular formula is C19H22N6O3S2. The minimum absolute atomic E-state index is 0.0312. The van der Waals surface area contributed by atoms with E-state index in [9.17, 15) is 9.59 Å². The molecule has 158 valence electrons. The summed E-state index contributed by atoms with van der Waals surface area (Å²) in [6.45, 7) is 4.62. The molecule has 1 saturated heterocycles. The van der Waals surface area contributed by atoms with Gasteiger partial charge in [-0.25, -0.2) is 0 Å². The fraction of sp³-hybridized carbons (Fsp3) is 0.421. The Morgan fingerprint density at radius 2 is 2.17 bits per heavy atom. The van der Waals surface area contributed by atoms with E-state index in [1.54, 1.807) is 33.8 Å². The molecular weight excluding hydrogens is 424 g/mol. The topological polar surface area (TPSA) is 109 Å². The molecule has 0 saturated carbocycles. The summed E-state index contributed by atoms with van der Waals surface area (Å²) in [7, 11) is 0. The number of hydrogen-bond donors (Lipinski definition) is 2. The maximum atomic E-state index is 13.1. The fourth-order valence-corrected chi connectivity index (χ4v) is 4.63. The summed E-state index contributed by atoms with van der Waals surface area (Å²) in [4.78, 5) is 28.3. The third kappa shape index (κ3) is 4.08. The van der Waals surface area contributed by atoms with Crippen LogP contribution in [0.4, 0.5) is 5.82 Å². The van der Waals surface area contributed by atoms with Gasteiger partial charge in [0, 0.05) is 25.1 Å². The number of aromatic amines is 1. The number of thiophene rings is 1. The molecule has 1 aliphatic heterocycles. The Kier molecular flexibility index (Phi) is 5.82. The summed E-state index contributed by atoms with van der Waals surface area (Å²) >= 11 is 6.92. The van der Waals surface area contributed by atoms with Gasteiger partial charge in [-0.05, 0) is 50.4 Å². The number of rotatable bonds is 5. The number of hydrogen-bond acceptors (Lipinski definition) is 7. The molecule has 0 aliphatic carbocycles. The van der Waals surface area contributed by atoms with Gasteiger partial charge in [0.05, 0.1) is 4.88 Å². The van der Waals surface area contributed by atoms with Crippen LogP contribution in [0.25, 0.3) is 10.7 Å². The molecule has 1 unspecified atom stereocenters. The predicted molar refractivity (Wildman–Crippen MR) is 115 cm³/mol. The summed E-state index contributed by atoms with van der Waals surface area (Å²) in [6.07, 6.45) is 1.19. The van der Waals surface area contributed by atoms with Gasteiger partial charge in [-0.15, -0.1) is 11.3 Å². The molecule has 0 bridgehead atoms. The smallest absolute Gasteiger partial charge is 0.245 e. The molecule has 30 heavy (non-hydrogen) atoms. The van der Waals surface area contributed by atoms with Crippen molar-refractivity contribution in [2.45, 2.75) is 32.7 Å². The largest absolute Gasteiger partial charge is 0.360 e. The van der Waals surface area contributed by atoms with Crippen LogP contribution in [-0.4, -0.2) is 49.7 Å². The maximum Gasteiger partial charge on any atom is 0.245 e. The number of likely N-dealkylation sites (tertiary alicyclic amines) is 1. The summed E-state index contributed by atoms with van der Waals surface area (Å²) in [6, 6.07) is 5.07. The molecule has 4 heterocycles. The molecule has 3 aromatic rings. The zero-order valence-electron chi connectivity index (χ0n) is 16.6. The van der Waals surface area contributed by atoms with Gasteiger partial charge in [0.2, 0.25) is 11.8 Å². The van der Waals surface area contributed by atoms with Crippen LogP contribution in [0, 0.1) is 17.6 Å². The average molecular weight is 447 g/mol. The van der Waals surface area contributed by atoms with Crippen molar-refractivity contribution in [1.29, 1.82) is 0 Å². The molecule has 2 amide bonds. The minimum atomic E-state index is -0.489. The van der Waals surface area contributed by atoms with Crippen LogP contribution >= 0.6 is 23.6 Å². The second kappa shape index (κ2) is 8.52. The first-order valence-corrected chi connectivity index (χ1v) is 11.0. The van der Waals surface area contributed by atoms with Gasteiger partial charge in [-0.3, -0.25) is 19.3 Å². The Balaban J connectivity index is 1.39. The highest BCUT2D eigenvalue weighted by Crippen LogP contribution is 2.27. The van der Waals surface area contributed by atoms with Crippen molar-refractivity contribution in [3.05, 3.63) is 34.1 Å². The zero-order valence-corrected chi connectivity index (χ0v) is 18.3. The summed E-state index contributed by atoms with van der Waals surface area (Å²) in [5.74, 6) is 1.42. The number of piperidine rings is 1. The third-order valence-electron chi connectivity index (χ3n) is 5.25. The highest BCUT2D eigenvalue weighted by atomic mass is 32.1. The monoisotopic (exact) mass is 446 g/mol. The van der Waals surface area contributed by atoms with E-state index < -0.39 is 6.04 Å². The van der Waals surface area contributed by atoms with Crippen LogP contribution in [0.5, 0.6) is 0 Å². The molecule has 1 atom stereocenters. The Hall–Kier alpha value is -2.79. The lowest BCUT2D eigenvalue weighted by Gasteiger charge is -2.33. The second-order valence-corrected chi connectivity index (χ2v) is 8.62. The van der Waals surface area contributed by atoms with Crippen molar-refractivity contribution in [2.24, 2.45) is 5.92 Å². The van der Waals surface area contributed by atoms with Crippen LogP contribution in [0.15, 0.2) is 28.1 Å². The number of carbonyl (C=O) groups excluding carboxylic acids is 2. The molecule has 3 aromatic heterocycles. The summed E-state index contributed by atoms with van der Waals surface area (Å²) < 4.78 is 7.15. The van der Waals surface area contributed by atoms with E-state index in [4.69, 9.17) is 16.7 Å². The van der Waals surface area contributed by atoms with Crippen LogP contribution in [0.3, 0.4) is 0 Å². The molecule has 0 aromatic carbocycles. The lowest BCUT2D eigenvalue weighted by Crippen LogP contribution is -2.44. The van der Waals surface area contributed by atoms with Crippen molar-refractivity contribution in [2.75, 3.05) is 18.4 Å². The Bertz CT molecular complexity index is 1090. The van der Waals surface area contributed by atoms with Gasteiger partial charge >= 0.3 is 0 Å². The fourth-order valence-electron chi connectivity index (χ4n) is 3.63. The quantitative estimate of drug-likeness (QED) is 0.582. The first-order valence-electron chi connectivity index (χ1n) is 9.68. The van der Waals surface area contributed by atoms with Gasteiger partial charge in [0.25, 0.3) is 0 Å². The minimum Gasteiger partial charge on any atom is -0.360 e. The van der Waals surface area contributed by atoms with Crippen molar-refractivity contribution in [1.82, 2.24) is 24.8 Å². The highest BCUT2D eigenvalue weighted by molar-refractivity contribution is 7.71. The van der Waals surface area contributed by atoms with Crippen molar-refractivity contribution >= 4 is 41.2 Å². The normalized spacial score (nSPS) is 15.9. The number of amides is 2. The van der Waals surface area contributed by atoms with E-state index in [0.29, 0.717) is 48.1 Å². The van der Waals surface area contributed by atoms with Crippen molar-refractivity contribution < 1.29 is 14.1 Å². The number of aryl methyl sites for hydroxylation is 1. The van der Waals surface area contributed by atoms with E-state index in [1.165, 1.54) is 0 Å². The van der Waals surface area contributed by atoms with Gasteiger partial charge in [-0.1, -0.05) is 11.2 Å². The van der Waals surface area contributed by atoms with Crippen LogP contribution < -0.4 is 5.32 Å².